The van der Waals surface area contributed by atoms with Gasteiger partial charge in [-0.2, -0.15) is 8.42 Å². The van der Waals surface area contributed by atoms with Crippen LogP contribution in [-0.4, -0.2) is 27.3 Å². The Hall–Kier alpha value is -2.51. The smallest absolute Gasteiger partial charge is 0.294 e. The summed E-state index contributed by atoms with van der Waals surface area (Å²) >= 11 is 0. The van der Waals surface area contributed by atoms with E-state index in [0.717, 1.165) is 0 Å². The maximum Gasteiger partial charge on any atom is 0.294 e. The SMILES string of the molecule is NS(=O)(=O)c1ccc(NNC2C(=O)Nc3ccc(S(=O)(=O)O)cc32)cc1. The molecule has 1 aliphatic rings. The van der Waals surface area contributed by atoms with E-state index in [9.17, 15) is 21.6 Å². The van der Waals surface area contributed by atoms with E-state index in [-0.39, 0.29) is 9.79 Å². The molecule has 2 aromatic rings. The van der Waals surface area contributed by atoms with E-state index in [1.54, 1.807) is 0 Å². The summed E-state index contributed by atoms with van der Waals surface area (Å²) in [4.78, 5) is 11.7. The molecule has 1 heterocycles. The van der Waals surface area contributed by atoms with Crippen LogP contribution in [0.2, 0.25) is 0 Å². The zero-order valence-corrected chi connectivity index (χ0v) is 14.6. The second-order valence-electron chi connectivity index (χ2n) is 5.49. The Morgan fingerprint density at radius 1 is 1.00 bits per heavy atom. The first-order chi connectivity index (χ1) is 12.1. The Morgan fingerprint density at radius 2 is 1.62 bits per heavy atom. The molecule has 0 aliphatic carbocycles. The van der Waals surface area contributed by atoms with Gasteiger partial charge in [0.05, 0.1) is 9.79 Å². The number of fused-ring (bicyclic) bond motifs is 1. The molecule has 0 aromatic heterocycles. The molecule has 10 nitrogen and oxygen atoms in total. The highest BCUT2D eigenvalue weighted by Crippen LogP contribution is 2.32. The van der Waals surface area contributed by atoms with Gasteiger partial charge < -0.3 is 10.7 Å². The van der Waals surface area contributed by atoms with Gasteiger partial charge in [-0.15, -0.1) is 0 Å². The van der Waals surface area contributed by atoms with E-state index in [1.165, 1.54) is 42.5 Å². The number of primary sulfonamides is 1. The predicted octanol–water partition coefficient (Wildman–Crippen LogP) is 0.191. The highest BCUT2D eigenvalue weighted by Gasteiger charge is 2.31. The van der Waals surface area contributed by atoms with Crippen LogP contribution in [0.4, 0.5) is 11.4 Å². The van der Waals surface area contributed by atoms with E-state index in [0.29, 0.717) is 16.9 Å². The minimum Gasteiger partial charge on any atom is -0.324 e. The number of sulfonamides is 1. The van der Waals surface area contributed by atoms with Gasteiger partial charge >= 0.3 is 0 Å². The monoisotopic (exact) mass is 398 g/mol. The average Bonchev–Trinajstić information content (AvgIpc) is 2.86. The van der Waals surface area contributed by atoms with Crippen molar-refractivity contribution < 1.29 is 26.2 Å². The fraction of sp³-hybridized carbons (Fsp3) is 0.0714. The van der Waals surface area contributed by atoms with E-state index in [1.807, 2.05) is 0 Å². The molecular weight excluding hydrogens is 384 g/mol. The Labute approximate surface area is 149 Å². The summed E-state index contributed by atoms with van der Waals surface area (Å²) < 4.78 is 54.1. The van der Waals surface area contributed by atoms with Crippen molar-refractivity contribution in [3.05, 3.63) is 48.0 Å². The second kappa shape index (κ2) is 6.34. The summed E-state index contributed by atoms with van der Waals surface area (Å²) in [5.74, 6) is -0.429. The van der Waals surface area contributed by atoms with Crippen LogP contribution < -0.4 is 21.3 Å². The van der Waals surface area contributed by atoms with Gasteiger partial charge in [0.1, 0.15) is 6.04 Å². The maximum absolute atomic E-state index is 12.1. The summed E-state index contributed by atoms with van der Waals surface area (Å²) in [5, 5.41) is 7.59. The van der Waals surface area contributed by atoms with Crippen molar-refractivity contribution in [2.75, 3.05) is 10.7 Å². The molecule has 0 fully saturated rings. The van der Waals surface area contributed by atoms with Gasteiger partial charge in [-0.25, -0.2) is 19.0 Å². The Balaban J connectivity index is 1.80. The van der Waals surface area contributed by atoms with Gasteiger partial charge in [-0.05, 0) is 42.5 Å². The van der Waals surface area contributed by atoms with E-state index in [4.69, 9.17) is 9.69 Å². The van der Waals surface area contributed by atoms with Crippen LogP contribution >= 0.6 is 0 Å². The number of carbonyl (C=O) groups is 1. The zero-order chi connectivity index (χ0) is 19.1. The first-order valence-electron chi connectivity index (χ1n) is 7.12. The van der Waals surface area contributed by atoms with Crippen LogP contribution in [0.15, 0.2) is 52.3 Å². The number of hydrogen-bond acceptors (Lipinski definition) is 7. The molecule has 2 aromatic carbocycles. The van der Waals surface area contributed by atoms with Crippen molar-refractivity contribution in [2.24, 2.45) is 5.14 Å². The molecule has 0 saturated heterocycles. The van der Waals surface area contributed by atoms with Crippen molar-refractivity contribution in [3.8, 4) is 0 Å². The van der Waals surface area contributed by atoms with Crippen molar-refractivity contribution in [1.82, 2.24) is 5.43 Å². The largest absolute Gasteiger partial charge is 0.324 e. The lowest BCUT2D eigenvalue weighted by molar-refractivity contribution is -0.117. The Kier molecular flexibility index (Phi) is 4.46. The summed E-state index contributed by atoms with van der Waals surface area (Å²) in [6.45, 7) is 0. The third kappa shape index (κ3) is 3.68. The Morgan fingerprint density at radius 3 is 2.19 bits per heavy atom. The quantitative estimate of drug-likeness (QED) is 0.351. The number of carbonyl (C=O) groups excluding carboxylic acids is 1. The summed E-state index contributed by atoms with van der Waals surface area (Å²) in [6.07, 6.45) is 0. The lowest BCUT2D eigenvalue weighted by atomic mass is 10.1. The minimum atomic E-state index is -4.41. The lowest BCUT2D eigenvalue weighted by Gasteiger charge is -2.14. The molecule has 1 atom stereocenters. The van der Waals surface area contributed by atoms with Crippen LogP contribution in [0, 0.1) is 0 Å². The highest BCUT2D eigenvalue weighted by atomic mass is 32.2. The molecule has 12 heteroatoms. The number of hydrazine groups is 1. The number of hydrogen-bond donors (Lipinski definition) is 5. The first kappa shape index (κ1) is 18.3. The van der Waals surface area contributed by atoms with Crippen molar-refractivity contribution >= 4 is 37.4 Å². The standard InChI is InChI=1S/C14H14N4O6S2/c15-25(20,21)9-3-1-8(2-4-9)17-18-13-11-7-10(26(22,23)24)5-6-12(11)16-14(13)19/h1-7,13,17-18H,(H,16,19)(H2,15,20,21)(H,22,23,24). The number of benzene rings is 2. The molecule has 1 aliphatic heterocycles. The van der Waals surface area contributed by atoms with Crippen molar-refractivity contribution in [3.63, 3.8) is 0 Å². The number of nitrogens with one attached hydrogen (secondary N) is 3. The van der Waals surface area contributed by atoms with Gasteiger partial charge in [0.15, 0.2) is 0 Å². The molecular formula is C14H14N4O6S2. The third-order valence-electron chi connectivity index (χ3n) is 3.70. The summed E-state index contributed by atoms with van der Waals surface area (Å²) in [5.41, 5.74) is 6.65. The van der Waals surface area contributed by atoms with Crippen molar-refractivity contribution in [2.45, 2.75) is 15.8 Å². The number of amides is 1. The topological polar surface area (TPSA) is 168 Å². The van der Waals surface area contributed by atoms with Gasteiger partial charge in [0, 0.05) is 16.9 Å². The fourth-order valence-electron chi connectivity index (χ4n) is 2.43. The molecule has 26 heavy (non-hydrogen) atoms. The van der Waals surface area contributed by atoms with Crippen LogP contribution in [-0.2, 0) is 24.9 Å². The molecule has 0 radical (unpaired) electrons. The van der Waals surface area contributed by atoms with Gasteiger partial charge in [-0.3, -0.25) is 9.35 Å². The molecule has 6 N–H and O–H groups in total. The lowest BCUT2D eigenvalue weighted by Crippen LogP contribution is -2.32. The van der Waals surface area contributed by atoms with E-state index < -0.39 is 32.1 Å². The van der Waals surface area contributed by atoms with Gasteiger partial charge in [-0.1, -0.05) is 0 Å². The molecule has 138 valence electrons. The summed E-state index contributed by atoms with van der Waals surface area (Å²) in [6, 6.07) is 8.27. The van der Waals surface area contributed by atoms with Crippen LogP contribution in [0.1, 0.15) is 11.6 Å². The minimum absolute atomic E-state index is 0.0650. The molecule has 0 spiro atoms. The van der Waals surface area contributed by atoms with Crippen LogP contribution in [0.3, 0.4) is 0 Å². The highest BCUT2D eigenvalue weighted by molar-refractivity contribution is 7.89. The maximum atomic E-state index is 12.1. The van der Waals surface area contributed by atoms with Crippen LogP contribution in [0.5, 0.6) is 0 Å². The molecule has 0 bridgehead atoms. The van der Waals surface area contributed by atoms with E-state index >= 15 is 0 Å². The molecule has 0 saturated carbocycles. The predicted molar refractivity (Wildman–Crippen MR) is 92.2 cm³/mol. The molecule has 1 unspecified atom stereocenters. The number of nitrogens with two attached hydrogens (primary N) is 1. The number of rotatable bonds is 5. The molecule has 1 amide bonds. The Bertz CT molecular complexity index is 1080. The molecule has 3 rings (SSSR count). The van der Waals surface area contributed by atoms with E-state index in [2.05, 4.69) is 16.2 Å². The average molecular weight is 398 g/mol. The summed E-state index contributed by atoms with van der Waals surface area (Å²) in [7, 11) is -8.22. The third-order valence-corrected chi connectivity index (χ3v) is 5.47. The first-order valence-corrected chi connectivity index (χ1v) is 10.1. The van der Waals surface area contributed by atoms with Crippen molar-refractivity contribution in [1.29, 1.82) is 0 Å². The number of anilines is 2. The normalized spacial score (nSPS) is 16.8. The van der Waals surface area contributed by atoms with Gasteiger partial charge in [0.25, 0.3) is 10.1 Å². The van der Waals surface area contributed by atoms with Crippen LogP contribution in [0.25, 0.3) is 0 Å². The zero-order valence-electron chi connectivity index (χ0n) is 13.0. The fourth-order valence-corrected chi connectivity index (χ4v) is 3.46. The van der Waals surface area contributed by atoms with Gasteiger partial charge in [0.2, 0.25) is 15.9 Å². The second-order valence-corrected chi connectivity index (χ2v) is 8.47.